The summed E-state index contributed by atoms with van der Waals surface area (Å²) in [5.74, 6) is -0.455. The fourth-order valence-corrected chi connectivity index (χ4v) is 4.09. The first-order chi connectivity index (χ1) is 15.6. The molecule has 0 saturated heterocycles. The van der Waals surface area contributed by atoms with Gasteiger partial charge in [-0.3, -0.25) is 9.78 Å². The average Bonchev–Trinajstić information content (AvgIpc) is 3.24. The smallest absolute Gasteiger partial charge is 0.257 e. The van der Waals surface area contributed by atoms with Gasteiger partial charge in [-0.25, -0.2) is 0 Å². The molecule has 0 bridgehead atoms. The van der Waals surface area contributed by atoms with Crippen LogP contribution in [0.1, 0.15) is 11.3 Å². The maximum atomic E-state index is 12.1. The molecule has 0 saturated carbocycles. The van der Waals surface area contributed by atoms with E-state index in [0.29, 0.717) is 12.1 Å². The Balaban J connectivity index is 1.65. The van der Waals surface area contributed by atoms with E-state index in [-0.39, 0.29) is 0 Å². The number of nitrogens with one attached hydrogen (secondary N) is 2. The number of hydrogen-bond acceptors (Lipinski definition) is 2. The molecular weight excluding hydrogens is 441 g/mol. The van der Waals surface area contributed by atoms with E-state index < -0.39 is 10.7 Å². The highest BCUT2D eigenvalue weighted by Crippen LogP contribution is 2.34. The highest BCUT2D eigenvalue weighted by molar-refractivity contribution is 6.54. The molecular formula is C26H19Cl2N3O. The number of anilines is 1. The Labute approximate surface area is 195 Å². The quantitative estimate of drug-likeness (QED) is 0.286. The van der Waals surface area contributed by atoms with Crippen LogP contribution in [0, 0.1) is 0 Å². The SMILES string of the molecule is O=C(Nc1ccccc1Cc1nc2ccccc2cc1-c1c[nH]c2ccccc12)C(Cl)Cl. The molecule has 1 amide bonds. The molecule has 0 radical (unpaired) electrons. The van der Waals surface area contributed by atoms with Gasteiger partial charge in [-0.15, -0.1) is 0 Å². The number of carbonyl (C=O) groups is 1. The molecule has 0 aliphatic heterocycles. The number of aromatic nitrogens is 2. The van der Waals surface area contributed by atoms with Gasteiger partial charge in [0.05, 0.1) is 11.2 Å². The van der Waals surface area contributed by atoms with Crippen molar-refractivity contribution < 1.29 is 4.79 Å². The standard InChI is InChI=1S/C26H19Cl2N3O/c27-25(28)26(32)31-22-11-5-2-8-17(22)14-24-19(13-16-7-1-4-10-21(16)30-24)20-15-29-23-12-6-3-9-18(20)23/h1-13,15,25,29H,14H2,(H,31,32). The Morgan fingerprint density at radius 3 is 2.56 bits per heavy atom. The van der Waals surface area contributed by atoms with Gasteiger partial charge >= 0.3 is 0 Å². The molecule has 0 fully saturated rings. The highest BCUT2D eigenvalue weighted by Gasteiger charge is 2.17. The summed E-state index contributed by atoms with van der Waals surface area (Å²) < 4.78 is 0. The number of nitrogens with zero attached hydrogens (tertiary/aromatic N) is 1. The second kappa shape index (κ2) is 8.65. The monoisotopic (exact) mass is 459 g/mol. The molecule has 2 N–H and O–H groups in total. The summed E-state index contributed by atoms with van der Waals surface area (Å²) in [5, 5.41) is 5.03. The second-order valence-electron chi connectivity index (χ2n) is 7.55. The third-order valence-corrected chi connectivity index (χ3v) is 5.91. The van der Waals surface area contributed by atoms with Crippen LogP contribution in [-0.2, 0) is 11.2 Å². The first-order valence-corrected chi connectivity index (χ1v) is 11.1. The number of hydrogen-bond donors (Lipinski definition) is 2. The van der Waals surface area contributed by atoms with Crippen molar-refractivity contribution in [3.05, 3.63) is 96.3 Å². The van der Waals surface area contributed by atoms with Crippen molar-refractivity contribution in [3.63, 3.8) is 0 Å². The summed E-state index contributed by atoms with van der Waals surface area (Å²) >= 11 is 11.5. The Kier molecular flexibility index (Phi) is 5.56. The van der Waals surface area contributed by atoms with E-state index in [1.54, 1.807) is 0 Å². The van der Waals surface area contributed by atoms with Crippen LogP contribution in [0.15, 0.2) is 85.1 Å². The summed E-state index contributed by atoms with van der Waals surface area (Å²) in [6.07, 6.45) is 2.56. The molecule has 6 heteroatoms. The first-order valence-electron chi connectivity index (χ1n) is 10.2. The second-order valence-corrected chi connectivity index (χ2v) is 8.64. The van der Waals surface area contributed by atoms with Crippen LogP contribution in [-0.4, -0.2) is 20.7 Å². The topological polar surface area (TPSA) is 57.8 Å². The summed E-state index contributed by atoms with van der Waals surface area (Å²) in [6.45, 7) is 0. The number of H-pyrrole nitrogens is 1. The van der Waals surface area contributed by atoms with Gasteiger partial charge in [-0.2, -0.15) is 0 Å². The number of pyridine rings is 1. The van der Waals surface area contributed by atoms with Gasteiger partial charge in [0.25, 0.3) is 5.91 Å². The predicted molar refractivity (Wildman–Crippen MR) is 132 cm³/mol. The maximum absolute atomic E-state index is 12.1. The Hall–Kier alpha value is -3.34. The molecule has 5 rings (SSSR count). The summed E-state index contributed by atoms with van der Waals surface area (Å²) in [6, 6.07) is 26.1. The molecule has 0 atom stereocenters. The molecule has 32 heavy (non-hydrogen) atoms. The minimum Gasteiger partial charge on any atom is -0.361 e. The lowest BCUT2D eigenvalue weighted by atomic mass is 9.96. The zero-order valence-electron chi connectivity index (χ0n) is 17.0. The van der Waals surface area contributed by atoms with Crippen molar-refractivity contribution >= 4 is 56.6 Å². The number of fused-ring (bicyclic) bond motifs is 2. The van der Waals surface area contributed by atoms with E-state index in [9.17, 15) is 4.79 Å². The van der Waals surface area contributed by atoms with E-state index in [2.05, 4.69) is 34.6 Å². The average molecular weight is 460 g/mol. The molecule has 2 heterocycles. The highest BCUT2D eigenvalue weighted by atomic mass is 35.5. The number of rotatable bonds is 5. The lowest BCUT2D eigenvalue weighted by Crippen LogP contribution is -2.19. The van der Waals surface area contributed by atoms with Crippen molar-refractivity contribution in [1.82, 2.24) is 9.97 Å². The van der Waals surface area contributed by atoms with E-state index in [1.165, 1.54) is 0 Å². The number of halogens is 2. The number of carbonyl (C=O) groups excluding carboxylic acids is 1. The van der Waals surface area contributed by atoms with Crippen LogP contribution >= 0.6 is 23.2 Å². The Morgan fingerprint density at radius 2 is 1.69 bits per heavy atom. The fourth-order valence-electron chi connectivity index (χ4n) is 3.98. The third-order valence-electron chi connectivity index (χ3n) is 5.51. The van der Waals surface area contributed by atoms with Gasteiger partial charge in [-0.1, -0.05) is 77.8 Å². The van der Waals surface area contributed by atoms with Gasteiger partial charge in [0.2, 0.25) is 0 Å². The molecule has 0 unspecified atom stereocenters. The van der Waals surface area contributed by atoms with E-state index in [0.717, 1.165) is 44.2 Å². The van der Waals surface area contributed by atoms with Crippen LogP contribution in [0.4, 0.5) is 5.69 Å². The predicted octanol–water partition coefficient (Wildman–Crippen LogP) is 6.72. The molecule has 158 valence electrons. The summed E-state index contributed by atoms with van der Waals surface area (Å²) in [5.41, 5.74) is 6.66. The van der Waals surface area contributed by atoms with E-state index in [1.807, 2.05) is 60.8 Å². The maximum Gasteiger partial charge on any atom is 0.257 e. The zero-order chi connectivity index (χ0) is 22.1. The number of para-hydroxylation sites is 3. The van der Waals surface area contributed by atoms with Gasteiger partial charge in [0, 0.05) is 45.7 Å². The number of alkyl halides is 2. The minimum absolute atomic E-state index is 0.455. The first kappa shape index (κ1) is 20.6. The lowest BCUT2D eigenvalue weighted by Gasteiger charge is -2.14. The Morgan fingerprint density at radius 1 is 0.938 bits per heavy atom. The van der Waals surface area contributed by atoms with Crippen molar-refractivity contribution in [3.8, 4) is 11.1 Å². The van der Waals surface area contributed by atoms with Crippen molar-refractivity contribution in [2.24, 2.45) is 0 Å². The summed E-state index contributed by atoms with van der Waals surface area (Å²) in [4.78, 5) is 19.3. The number of amides is 1. The largest absolute Gasteiger partial charge is 0.361 e. The fraction of sp³-hybridized carbons (Fsp3) is 0.0769. The third kappa shape index (κ3) is 3.95. The summed E-state index contributed by atoms with van der Waals surface area (Å²) in [7, 11) is 0. The van der Waals surface area contributed by atoms with Crippen LogP contribution in [0.3, 0.4) is 0 Å². The number of benzene rings is 3. The molecule has 3 aromatic carbocycles. The van der Waals surface area contributed by atoms with Gasteiger partial charge in [0.1, 0.15) is 0 Å². The van der Waals surface area contributed by atoms with Crippen LogP contribution in [0.2, 0.25) is 0 Å². The van der Waals surface area contributed by atoms with E-state index in [4.69, 9.17) is 28.2 Å². The molecule has 0 aliphatic carbocycles. The van der Waals surface area contributed by atoms with Gasteiger partial charge < -0.3 is 10.3 Å². The van der Waals surface area contributed by atoms with Crippen LogP contribution < -0.4 is 5.32 Å². The van der Waals surface area contributed by atoms with Gasteiger partial charge in [-0.05, 0) is 29.8 Å². The van der Waals surface area contributed by atoms with E-state index >= 15 is 0 Å². The van der Waals surface area contributed by atoms with Gasteiger partial charge in [0.15, 0.2) is 4.84 Å². The minimum atomic E-state index is -1.14. The normalized spacial score (nSPS) is 11.3. The molecule has 5 aromatic rings. The molecule has 0 spiro atoms. The van der Waals surface area contributed by atoms with Crippen LogP contribution in [0.5, 0.6) is 0 Å². The molecule has 0 aliphatic rings. The van der Waals surface area contributed by atoms with Crippen molar-refractivity contribution in [2.75, 3.05) is 5.32 Å². The molecule has 2 aromatic heterocycles. The van der Waals surface area contributed by atoms with Crippen molar-refractivity contribution in [1.29, 1.82) is 0 Å². The van der Waals surface area contributed by atoms with Crippen LogP contribution in [0.25, 0.3) is 32.9 Å². The molecule has 4 nitrogen and oxygen atoms in total. The number of aromatic amines is 1. The lowest BCUT2D eigenvalue weighted by molar-refractivity contribution is -0.114. The zero-order valence-corrected chi connectivity index (χ0v) is 18.5. The van der Waals surface area contributed by atoms with Crippen molar-refractivity contribution in [2.45, 2.75) is 11.3 Å². The Bertz CT molecular complexity index is 1440.